The summed E-state index contributed by atoms with van der Waals surface area (Å²) >= 11 is 12.1. The van der Waals surface area contributed by atoms with Crippen molar-refractivity contribution < 1.29 is 4.79 Å². The summed E-state index contributed by atoms with van der Waals surface area (Å²) in [7, 11) is 4.17. The predicted octanol–water partition coefficient (Wildman–Crippen LogP) is 6.50. The molecule has 3 rings (SSSR count). The minimum Gasteiger partial charge on any atom is -0.337 e. The third kappa shape index (κ3) is 9.54. The van der Waals surface area contributed by atoms with Gasteiger partial charge in [-0.3, -0.25) is 0 Å². The highest BCUT2D eigenvalue weighted by Gasteiger charge is 2.14. The van der Waals surface area contributed by atoms with Crippen LogP contribution < -0.4 is 16.0 Å². The second kappa shape index (κ2) is 14.1. The van der Waals surface area contributed by atoms with Crippen LogP contribution in [0.4, 0.5) is 10.5 Å². The van der Waals surface area contributed by atoms with Crippen molar-refractivity contribution in [1.82, 2.24) is 15.5 Å². The van der Waals surface area contributed by atoms with E-state index in [1.54, 1.807) is 18.2 Å². The van der Waals surface area contributed by atoms with Gasteiger partial charge in [0.25, 0.3) is 0 Å². The van der Waals surface area contributed by atoms with Crippen LogP contribution in [0.3, 0.4) is 0 Å². The van der Waals surface area contributed by atoms with Gasteiger partial charge in [-0.05, 0) is 81.5 Å². The van der Waals surface area contributed by atoms with Gasteiger partial charge in [-0.2, -0.15) is 0 Å². The molecule has 35 heavy (non-hydrogen) atoms. The Bertz CT molecular complexity index is 1060. The normalized spacial score (nSPS) is 11.9. The van der Waals surface area contributed by atoms with E-state index in [1.165, 1.54) is 16.7 Å². The summed E-state index contributed by atoms with van der Waals surface area (Å²) in [5.74, 6) is 0.161. The number of halogens is 2. The zero-order chi connectivity index (χ0) is 25.0. The number of amides is 2. The number of nitrogens with one attached hydrogen (secondary N) is 3. The van der Waals surface area contributed by atoms with Crippen LogP contribution in [-0.2, 0) is 0 Å². The number of benzene rings is 3. The molecule has 0 spiro atoms. The van der Waals surface area contributed by atoms with Gasteiger partial charge in [0.15, 0.2) is 0 Å². The highest BCUT2D eigenvalue weighted by molar-refractivity contribution is 6.35. The van der Waals surface area contributed by atoms with Gasteiger partial charge in [0.2, 0.25) is 0 Å². The summed E-state index contributed by atoms with van der Waals surface area (Å²) in [5, 5.41) is 10.3. The summed E-state index contributed by atoms with van der Waals surface area (Å²) in [6.07, 6.45) is 2.01. The maximum absolute atomic E-state index is 12.6. The molecule has 2 amide bonds. The van der Waals surface area contributed by atoms with Crippen LogP contribution >= 0.6 is 23.2 Å². The van der Waals surface area contributed by atoms with Gasteiger partial charge in [0.05, 0.1) is 0 Å². The Morgan fingerprint density at radius 3 is 2.31 bits per heavy atom. The third-order valence-electron chi connectivity index (χ3n) is 5.72. The molecule has 186 valence electrons. The first-order valence-corrected chi connectivity index (χ1v) is 12.7. The fourth-order valence-electron chi connectivity index (χ4n) is 3.93. The molecule has 3 aromatic rings. The largest absolute Gasteiger partial charge is 0.337 e. The van der Waals surface area contributed by atoms with Gasteiger partial charge in [0, 0.05) is 28.2 Å². The SMILES string of the molecule is CN(C)CCCNCCC(CNC(=O)Nc1cc(Cl)cc(Cl)c1)c1cccc(-c2ccccc2)c1. The summed E-state index contributed by atoms with van der Waals surface area (Å²) in [5.41, 5.74) is 4.11. The number of rotatable bonds is 12. The number of hydrogen-bond acceptors (Lipinski definition) is 3. The summed E-state index contributed by atoms with van der Waals surface area (Å²) in [4.78, 5) is 14.8. The second-order valence-corrected chi connectivity index (χ2v) is 9.75. The number of anilines is 1. The van der Waals surface area contributed by atoms with Crippen molar-refractivity contribution in [3.8, 4) is 11.1 Å². The first kappa shape index (κ1) is 27.0. The molecule has 0 saturated carbocycles. The molecule has 0 fully saturated rings. The van der Waals surface area contributed by atoms with Crippen molar-refractivity contribution in [3.05, 3.63) is 88.4 Å². The molecule has 1 unspecified atom stereocenters. The van der Waals surface area contributed by atoms with Crippen molar-refractivity contribution in [2.24, 2.45) is 0 Å². The number of carbonyl (C=O) groups is 1. The average molecular weight is 514 g/mol. The van der Waals surface area contributed by atoms with E-state index in [0.29, 0.717) is 22.3 Å². The number of urea groups is 1. The Hall–Kier alpha value is -2.57. The van der Waals surface area contributed by atoms with Crippen LogP contribution in [0.1, 0.15) is 24.3 Å². The molecule has 3 aromatic carbocycles. The second-order valence-electron chi connectivity index (χ2n) is 8.88. The number of carbonyl (C=O) groups excluding carboxylic acids is 1. The van der Waals surface area contributed by atoms with E-state index in [1.807, 2.05) is 18.2 Å². The lowest BCUT2D eigenvalue weighted by Crippen LogP contribution is -2.33. The quantitative estimate of drug-likeness (QED) is 0.243. The topological polar surface area (TPSA) is 56.4 Å². The van der Waals surface area contributed by atoms with Crippen LogP contribution in [0.25, 0.3) is 11.1 Å². The maximum atomic E-state index is 12.6. The molecule has 0 heterocycles. The van der Waals surface area contributed by atoms with Crippen molar-refractivity contribution in [1.29, 1.82) is 0 Å². The smallest absolute Gasteiger partial charge is 0.319 e. The Morgan fingerprint density at radius 2 is 1.60 bits per heavy atom. The fourth-order valence-corrected chi connectivity index (χ4v) is 4.45. The summed E-state index contributed by atoms with van der Waals surface area (Å²) in [6, 6.07) is 23.6. The van der Waals surface area contributed by atoms with Crippen molar-refractivity contribution in [2.75, 3.05) is 45.6 Å². The van der Waals surface area contributed by atoms with Crippen LogP contribution in [0, 0.1) is 0 Å². The van der Waals surface area contributed by atoms with Gasteiger partial charge in [-0.15, -0.1) is 0 Å². The van der Waals surface area contributed by atoms with Gasteiger partial charge in [-0.25, -0.2) is 4.79 Å². The summed E-state index contributed by atoms with van der Waals surface area (Å²) in [6.45, 7) is 3.42. The highest BCUT2D eigenvalue weighted by atomic mass is 35.5. The molecule has 0 aliphatic heterocycles. The standard InChI is InChI=1S/C28H34Cl2N4O/c1-34(2)15-7-13-31-14-12-24(20-32-28(35)33-27-18-25(29)17-26(30)19-27)23-11-6-10-22(16-23)21-8-4-3-5-9-21/h3-6,8-11,16-19,24,31H,7,12-15,20H2,1-2H3,(H2,32,33,35). The Kier molecular flexibility index (Phi) is 10.9. The van der Waals surface area contributed by atoms with Gasteiger partial charge in [-0.1, -0.05) is 77.8 Å². The van der Waals surface area contributed by atoms with E-state index in [4.69, 9.17) is 23.2 Å². The monoisotopic (exact) mass is 512 g/mol. The minimum absolute atomic E-state index is 0.161. The Morgan fingerprint density at radius 1 is 0.886 bits per heavy atom. The molecule has 7 heteroatoms. The lowest BCUT2D eigenvalue weighted by atomic mass is 9.92. The summed E-state index contributed by atoms with van der Waals surface area (Å²) < 4.78 is 0. The maximum Gasteiger partial charge on any atom is 0.319 e. The molecule has 0 aliphatic carbocycles. The molecule has 0 bridgehead atoms. The van der Waals surface area contributed by atoms with Crippen LogP contribution in [0.2, 0.25) is 10.0 Å². The minimum atomic E-state index is -0.286. The van der Waals surface area contributed by atoms with E-state index in [-0.39, 0.29) is 11.9 Å². The lowest BCUT2D eigenvalue weighted by Gasteiger charge is -2.20. The molecule has 0 aliphatic rings. The molecule has 3 N–H and O–H groups in total. The van der Waals surface area contributed by atoms with Gasteiger partial charge in [0.1, 0.15) is 0 Å². The van der Waals surface area contributed by atoms with E-state index in [9.17, 15) is 4.79 Å². The van der Waals surface area contributed by atoms with E-state index in [0.717, 1.165) is 32.5 Å². The van der Waals surface area contributed by atoms with Crippen molar-refractivity contribution in [2.45, 2.75) is 18.8 Å². The van der Waals surface area contributed by atoms with Crippen molar-refractivity contribution in [3.63, 3.8) is 0 Å². The number of nitrogens with zero attached hydrogens (tertiary/aromatic N) is 1. The molecule has 5 nitrogen and oxygen atoms in total. The van der Waals surface area contributed by atoms with Crippen LogP contribution in [0.5, 0.6) is 0 Å². The molecule has 0 saturated heterocycles. The van der Waals surface area contributed by atoms with Gasteiger partial charge >= 0.3 is 6.03 Å². The predicted molar refractivity (Wildman–Crippen MR) is 149 cm³/mol. The van der Waals surface area contributed by atoms with E-state index in [2.05, 4.69) is 71.3 Å². The lowest BCUT2D eigenvalue weighted by molar-refractivity contribution is 0.251. The van der Waals surface area contributed by atoms with E-state index < -0.39 is 0 Å². The molecular weight excluding hydrogens is 479 g/mol. The highest BCUT2D eigenvalue weighted by Crippen LogP contribution is 2.26. The third-order valence-corrected chi connectivity index (χ3v) is 6.16. The zero-order valence-electron chi connectivity index (χ0n) is 20.4. The van der Waals surface area contributed by atoms with Gasteiger partial charge < -0.3 is 20.9 Å². The molecule has 0 aromatic heterocycles. The molecule has 0 radical (unpaired) electrons. The molecular formula is C28H34Cl2N4O. The van der Waals surface area contributed by atoms with Crippen molar-refractivity contribution >= 4 is 34.9 Å². The average Bonchev–Trinajstić information content (AvgIpc) is 2.83. The first-order chi connectivity index (χ1) is 16.9. The Labute approximate surface area is 218 Å². The van der Waals surface area contributed by atoms with Crippen LogP contribution in [-0.4, -0.2) is 51.2 Å². The zero-order valence-corrected chi connectivity index (χ0v) is 21.9. The van der Waals surface area contributed by atoms with E-state index >= 15 is 0 Å². The fraction of sp³-hybridized carbons (Fsp3) is 0.321. The number of hydrogen-bond donors (Lipinski definition) is 3. The Balaban J connectivity index is 1.65. The molecule has 1 atom stereocenters. The first-order valence-electron chi connectivity index (χ1n) is 11.9. The van der Waals surface area contributed by atoms with Crippen LogP contribution in [0.15, 0.2) is 72.8 Å².